The minimum Gasteiger partial charge on any atom is -0.0610 e. The van der Waals surface area contributed by atoms with Crippen LogP contribution in [0.1, 0.15) is 49.9 Å². The van der Waals surface area contributed by atoms with E-state index in [0.29, 0.717) is 0 Å². The third kappa shape index (κ3) is 2.26. The van der Waals surface area contributed by atoms with Crippen molar-refractivity contribution in [3.63, 3.8) is 0 Å². The molecule has 0 radical (unpaired) electrons. The number of hydrogen-bond acceptors (Lipinski definition) is 0. The molecule has 0 saturated carbocycles. The first kappa shape index (κ1) is 20.8. The van der Waals surface area contributed by atoms with Gasteiger partial charge in [-0.3, -0.25) is 0 Å². The maximum Gasteiger partial charge on any atom is 0.0153 e. The van der Waals surface area contributed by atoms with E-state index in [1.54, 1.807) is 0 Å². The zero-order chi connectivity index (χ0) is 25.6. The molecule has 0 heterocycles. The molecule has 0 spiro atoms. The summed E-state index contributed by atoms with van der Waals surface area (Å²) in [5.74, 6) is 0. The fourth-order valence-electron chi connectivity index (χ4n) is 8.03. The van der Waals surface area contributed by atoms with Crippen molar-refractivity contribution >= 4 is 21.5 Å². The molecule has 0 fully saturated rings. The molecule has 0 nitrogen and oxygen atoms in total. The molecule has 0 heteroatoms. The second-order valence-electron chi connectivity index (χ2n) is 12.6. The average molecular weight is 485 g/mol. The van der Waals surface area contributed by atoms with E-state index in [4.69, 9.17) is 0 Å². The summed E-state index contributed by atoms with van der Waals surface area (Å²) in [7, 11) is 0. The Morgan fingerprint density at radius 2 is 0.605 bits per heavy atom. The Hall–Kier alpha value is -4.16. The average Bonchev–Trinajstić information content (AvgIpc) is 3.42. The van der Waals surface area contributed by atoms with Crippen LogP contribution in [0, 0.1) is 0 Å². The van der Waals surface area contributed by atoms with E-state index < -0.39 is 0 Å². The first-order valence-electron chi connectivity index (χ1n) is 13.8. The van der Waals surface area contributed by atoms with E-state index >= 15 is 0 Å². The van der Waals surface area contributed by atoms with Gasteiger partial charge in [-0.05, 0) is 113 Å². The van der Waals surface area contributed by atoms with Crippen molar-refractivity contribution in [2.45, 2.75) is 38.5 Å². The van der Waals surface area contributed by atoms with E-state index in [1.807, 2.05) is 0 Å². The largest absolute Gasteiger partial charge is 0.0610 e. The van der Waals surface area contributed by atoms with E-state index in [1.165, 1.54) is 88.3 Å². The molecule has 0 atom stereocenters. The molecule has 3 aliphatic carbocycles. The lowest BCUT2D eigenvalue weighted by atomic mass is 9.59. The van der Waals surface area contributed by atoms with Crippen molar-refractivity contribution in [1.82, 2.24) is 0 Å². The molecule has 6 aromatic rings. The SMILES string of the molecule is CC1(C)c2cc3c(cc2C(C)(C)c2cc4c(cc21)-c1cccc2cccc-4c12)-c1cccc2cccc-3c12. The quantitative estimate of drug-likeness (QED) is 0.201. The number of fused-ring (bicyclic) bond motifs is 8. The molecular formula is C38H28. The summed E-state index contributed by atoms with van der Waals surface area (Å²) in [5, 5.41) is 5.48. The van der Waals surface area contributed by atoms with Crippen LogP contribution in [-0.2, 0) is 10.8 Å². The van der Waals surface area contributed by atoms with Crippen LogP contribution in [0.15, 0.2) is 97.1 Å². The summed E-state index contributed by atoms with van der Waals surface area (Å²) >= 11 is 0. The van der Waals surface area contributed by atoms with Crippen LogP contribution in [0.2, 0.25) is 0 Å². The molecular weight excluding hydrogens is 456 g/mol. The molecule has 0 N–H and O–H groups in total. The summed E-state index contributed by atoms with van der Waals surface area (Å²) in [5.41, 5.74) is 16.7. The van der Waals surface area contributed by atoms with Crippen LogP contribution < -0.4 is 0 Å². The second kappa shape index (κ2) is 6.45. The third-order valence-corrected chi connectivity index (χ3v) is 9.98. The van der Waals surface area contributed by atoms with Gasteiger partial charge in [-0.2, -0.15) is 0 Å². The molecule has 0 aliphatic heterocycles. The molecule has 0 aromatic heterocycles. The second-order valence-corrected chi connectivity index (χ2v) is 12.6. The Bertz CT molecular complexity index is 1780. The van der Waals surface area contributed by atoms with Crippen molar-refractivity contribution in [3.8, 4) is 44.5 Å². The predicted octanol–water partition coefficient (Wildman–Crippen LogP) is 10.3. The predicted molar refractivity (Wildman–Crippen MR) is 161 cm³/mol. The molecule has 6 aromatic carbocycles. The van der Waals surface area contributed by atoms with Crippen molar-refractivity contribution in [2.75, 3.05) is 0 Å². The van der Waals surface area contributed by atoms with Gasteiger partial charge in [0, 0.05) is 10.8 Å². The number of rotatable bonds is 0. The molecule has 0 amide bonds. The zero-order valence-corrected chi connectivity index (χ0v) is 22.2. The fourth-order valence-corrected chi connectivity index (χ4v) is 8.03. The van der Waals surface area contributed by atoms with Gasteiger partial charge in [0.1, 0.15) is 0 Å². The summed E-state index contributed by atoms with van der Waals surface area (Å²) in [4.78, 5) is 0. The van der Waals surface area contributed by atoms with Gasteiger partial charge in [0.05, 0.1) is 0 Å². The van der Waals surface area contributed by atoms with Crippen molar-refractivity contribution < 1.29 is 0 Å². The summed E-state index contributed by atoms with van der Waals surface area (Å²) < 4.78 is 0. The highest BCUT2D eigenvalue weighted by molar-refractivity contribution is 6.17. The standard InChI is InChI=1S/C38H28/c1-37(2)31-17-27-23-13-5-9-21-11-7-15-25(35(21)23)29(27)19-33(31)38(3,4)34-20-30-26-16-8-12-22-10-6-14-24(36(22)26)28(30)18-32(34)37/h5-20H,1-4H3. The highest BCUT2D eigenvalue weighted by Crippen LogP contribution is 2.58. The van der Waals surface area contributed by atoms with Gasteiger partial charge in [0.25, 0.3) is 0 Å². The summed E-state index contributed by atoms with van der Waals surface area (Å²) in [6.45, 7) is 9.74. The lowest BCUT2D eigenvalue weighted by Crippen LogP contribution is -2.36. The van der Waals surface area contributed by atoms with E-state index in [2.05, 4.69) is 125 Å². The maximum atomic E-state index is 2.53. The summed E-state index contributed by atoms with van der Waals surface area (Å²) in [6, 6.07) is 37.2. The molecule has 0 saturated heterocycles. The number of benzene rings is 6. The van der Waals surface area contributed by atoms with Gasteiger partial charge < -0.3 is 0 Å². The molecule has 0 unspecified atom stereocenters. The highest BCUT2D eigenvalue weighted by Gasteiger charge is 2.44. The van der Waals surface area contributed by atoms with Crippen LogP contribution in [0.25, 0.3) is 66.1 Å². The third-order valence-electron chi connectivity index (χ3n) is 9.98. The van der Waals surface area contributed by atoms with Gasteiger partial charge in [0.2, 0.25) is 0 Å². The Labute approximate surface area is 223 Å². The first-order chi connectivity index (χ1) is 18.4. The van der Waals surface area contributed by atoms with Gasteiger partial charge in [-0.15, -0.1) is 0 Å². The van der Waals surface area contributed by atoms with Crippen LogP contribution in [0.5, 0.6) is 0 Å². The van der Waals surface area contributed by atoms with Gasteiger partial charge >= 0.3 is 0 Å². The van der Waals surface area contributed by atoms with Crippen molar-refractivity contribution in [1.29, 1.82) is 0 Å². The minimum absolute atomic E-state index is 0.102. The van der Waals surface area contributed by atoms with E-state index in [0.717, 1.165) is 0 Å². The van der Waals surface area contributed by atoms with Crippen LogP contribution >= 0.6 is 0 Å². The fraction of sp³-hybridized carbons (Fsp3) is 0.158. The van der Waals surface area contributed by atoms with Crippen LogP contribution in [-0.4, -0.2) is 0 Å². The Morgan fingerprint density at radius 3 is 0.868 bits per heavy atom. The van der Waals surface area contributed by atoms with E-state index in [-0.39, 0.29) is 10.8 Å². The van der Waals surface area contributed by atoms with E-state index in [9.17, 15) is 0 Å². The van der Waals surface area contributed by atoms with Crippen molar-refractivity contribution in [3.05, 3.63) is 119 Å². The Kier molecular flexibility index (Phi) is 3.54. The Morgan fingerprint density at radius 1 is 0.342 bits per heavy atom. The molecule has 3 aliphatic rings. The van der Waals surface area contributed by atoms with Gasteiger partial charge in [-0.1, -0.05) is 100 Å². The van der Waals surface area contributed by atoms with Crippen LogP contribution in [0.3, 0.4) is 0 Å². The maximum absolute atomic E-state index is 2.53. The number of hydrogen-bond donors (Lipinski definition) is 0. The Balaban J connectivity index is 1.35. The topological polar surface area (TPSA) is 0 Å². The summed E-state index contributed by atoms with van der Waals surface area (Å²) in [6.07, 6.45) is 0. The van der Waals surface area contributed by atoms with Crippen LogP contribution in [0.4, 0.5) is 0 Å². The van der Waals surface area contributed by atoms with Gasteiger partial charge in [0.15, 0.2) is 0 Å². The molecule has 9 rings (SSSR count). The monoisotopic (exact) mass is 484 g/mol. The van der Waals surface area contributed by atoms with Gasteiger partial charge in [-0.25, -0.2) is 0 Å². The molecule has 38 heavy (non-hydrogen) atoms. The van der Waals surface area contributed by atoms with Crippen molar-refractivity contribution in [2.24, 2.45) is 0 Å². The lowest BCUT2D eigenvalue weighted by molar-refractivity contribution is 0.521. The first-order valence-corrected chi connectivity index (χ1v) is 13.8. The highest BCUT2D eigenvalue weighted by atomic mass is 14.5. The molecule has 180 valence electrons. The smallest absolute Gasteiger partial charge is 0.0153 e. The molecule has 0 bridgehead atoms. The normalized spacial score (nSPS) is 16.3. The lowest BCUT2D eigenvalue weighted by Gasteiger charge is -2.44. The minimum atomic E-state index is -0.102. The zero-order valence-electron chi connectivity index (χ0n) is 22.2.